The van der Waals surface area contributed by atoms with Crippen molar-refractivity contribution in [3.05, 3.63) is 34.9 Å². The van der Waals surface area contributed by atoms with Gasteiger partial charge in [0.15, 0.2) is 0 Å². The minimum absolute atomic E-state index is 0.0935. The van der Waals surface area contributed by atoms with Crippen LogP contribution in [0.2, 0.25) is 0 Å². The molecule has 96 valence electrons. The van der Waals surface area contributed by atoms with Crippen LogP contribution in [0.25, 0.3) is 0 Å². The van der Waals surface area contributed by atoms with E-state index >= 15 is 0 Å². The molecule has 0 saturated carbocycles. The van der Waals surface area contributed by atoms with E-state index in [1.807, 2.05) is 0 Å². The predicted molar refractivity (Wildman–Crippen MR) is 68.7 cm³/mol. The van der Waals surface area contributed by atoms with Gasteiger partial charge in [-0.05, 0) is 35.1 Å². The fraction of sp³-hybridized carbons (Fsp3) is 0.600. The van der Waals surface area contributed by atoms with Gasteiger partial charge in [0, 0.05) is 12.5 Å². The van der Waals surface area contributed by atoms with Crippen LogP contribution in [0.3, 0.4) is 0 Å². The van der Waals surface area contributed by atoms with E-state index in [4.69, 9.17) is 0 Å². The Morgan fingerprint density at radius 2 is 1.47 bits per heavy atom. The second-order valence-electron chi connectivity index (χ2n) is 5.81. The lowest BCUT2D eigenvalue weighted by Crippen LogP contribution is -2.15. The predicted octanol–water partition coefficient (Wildman–Crippen LogP) is 5.05. The van der Waals surface area contributed by atoms with Gasteiger partial charge in [0.05, 0.1) is 0 Å². The van der Waals surface area contributed by atoms with Crippen LogP contribution in [0.4, 0.5) is 8.78 Å². The summed E-state index contributed by atoms with van der Waals surface area (Å²) in [4.78, 5) is 0. The minimum atomic E-state index is -2.76. The highest BCUT2D eigenvalue weighted by Gasteiger charge is 2.26. The average Bonchev–Trinajstić information content (AvgIpc) is 2.15. The molecule has 0 amide bonds. The molecule has 0 atom stereocenters. The zero-order valence-electron chi connectivity index (χ0n) is 11.4. The average molecular weight is 240 g/mol. The van der Waals surface area contributed by atoms with E-state index in [0.717, 1.165) is 30.9 Å². The highest BCUT2D eigenvalue weighted by molar-refractivity contribution is 5.36. The van der Waals surface area contributed by atoms with Crippen LogP contribution >= 0.6 is 0 Å². The molecule has 0 heterocycles. The molecule has 0 nitrogen and oxygen atoms in total. The molecular formula is C15H22F2. The van der Waals surface area contributed by atoms with E-state index in [9.17, 15) is 8.78 Å². The molecule has 0 saturated heterocycles. The van der Waals surface area contributed by atoms with Crippen molar-refractivity contribution < 1.29 is 8.78 Å². The Balaban J connectivity index is 3.29. The van der Waals surface area contributed by atoms with Gasteiger partial charge in [-0.2, -0.15) is 0 Å². The molecule has 0 radical (unpaired) electrons. The summed E-state index contributed by atoms with van der Waals surface area (Å²) >= 11 is 0. The van der Waals surface area contributed by atoms with E-state index < -0.39 is 5.92 Å². The summed E-state index contributed by atoms with van der Waals surface area (Å²) in [5, 5.41) is 0. The SMILES string of the molecule is CCCc1cc(C(C)(C)C)cc(C(C)(F)F)c1. The molecule has 0 aromatic heterocycles. The zero-order chi connectivity index (χ0) is 13.3. The van der Waals surface area contributed by atoms with E-state index in [1.54, 1.807) is 12.1 Å². The van der Waals surface area contributed by atoms with Crippen LogP contribution in [0, 0.1) is 0 Å². The fourth-order valence-corrected chi connectivity index (χ4v) is 1.81. The monoisotopic (exact) mass is 240 g/mol. The van der Waals surface area contributed by atoms with Crippen molar-refractivity contribution in [3.8, 4) is 0 Å². The third-order valence-electron chi connectivity index (χ3n) is 2.90. The second-order valence-corrected chi connectivity index (χ2v) is 5.81. The summed E-state index contributed by atoms with van der Waals surface area (Å²) in [5.41, 5.74) is 2.04. The number of hydrogen-bond acceptors (Lipinski definition) is 0. The van der Waals surface area contributed by atoms with Gasteiger partial charge in [0.25, 0.3) is 5.92 Å². The van der Waals surface area contributed by atoms with Crippen molar-refractivity contribution in [1.29, 1.82) is 0 Å². The number of hydrogen-bond donors (Lipinski definition) is 0. The normalized spacial score (nSPS) is 12.9. The Hall–Kier alpha value is -0.920. The summed E-state index contributed by atoms with van der Waals surface area (Å²) in [6.07, 6.45) is 1.83. The van der Waals surface area contributed by atoms with E-state index in [0.29, 0.717) is 0 Å². The van der Waals surface area contributed by atoms with Gasteiger partial charge in [0.1, 0.15) is 0 Å². The third kappa shape index (κ3) is 3.79. The fourth-order valence-electron chi connectivity index (χ4n) is 1.81. The summed E-state index contributed by atoms with van der Waals surface area (Å²) in [7, 11) is 0. The lowest BCUT2D eigenvalue weighted by Gasteiger charge is -2.23. The van der Waals surface area contributed by atoms with Gasteiger partial charge < -0.3 is 0 Å². The molecule has 2 heteroatoms. The maximum Gasteiger partial charge on any atom is 0.270 e. The quantitative estimate of drug-likeness (QED) is 0.693. The number of alkyl halides is 2. The van der Waals surface area contributed by atoms with Gasteiger partial charge in [-0.15, -0.1) is 0 Å². The Kier molecular flexibility index (Phi) is 3.95. The summed E-state index contributed by atoms with van der Waals surface area (Å²) in [6, 6.07) is 5.33. The molecule has 1 aromatic carbocycles. The Labute approximate surface area is 103 Å². The maximum absolute atomic E-state index is 13.4. The van der Waals surface area contributed by atoms with Gasteiger partial charge in [0.2, 0.25) is 0 Å². The molecule has 0 N–H and O–H groups in total. The standard InChI is InChI=1S/C15H22F2/c1-6-7-11-8-12(14(2,3)4)10-13(9-11)15(5,16)17/h8-10H,6-7H2,1-5H3. The lowest BCUT2D eigenvalue weighted by atomic mass is 9.84. The molecule has 0 aliphatic heterocycles. The highest BCUT2D eigenvalue weighted by Crippen LogP contribution is 2.32. The van der Waals surface area contributed by atoms with Crippen LogP contribution in [-0.2, 0) is 17.8 Å². The molecule has 1 aromatic rings. The van der Waals surface area contributed by atoms with Crippen molar-refractivity contribution >= 4 is 0 Å². The maximum atomic E-state index is 13.4. The number of aryl methyl sites for hydroxylation is 1. The van der Waals surface area contributed by atoms with Crippen LogP contribution in [0.5, 0.6) is 0 Å². The second kappa shape index (κ2) is 4.75. The van der Waals surface area contributed by atoms with Crippen molar-refractivity contribution in [1.82, 2.24) is 0 Å². The van der Waals surface area contributed by atoms with E-state index in [-0.39, 0.29) is 11.0 Å². The summed E-state index contributed by atoms with van der Waals surface area (Å²) in [5.74, 6) is -2.76. The molecule has 17 heavy (non-hydrogen) atoms. The minimum Gasteiger partial charge on any atom is -0.202 e. The molecule has 0 bridgehead atoms. The van der Waals surface area contributed by atoms with Gasteiger partial charge in [-0.1, -0.05) is 40.2 Å². The summed E-state index contributed by atoms with van der Waals surface area (Å²) < 4.78 is 26.9. The molecule has 0 aliphatic rings. The molecule has 0 fully saturated rings. The van der Waals surface area contributed by atoms with Crippen molar-refractivity contribution in [2.24, 2.45) is 0 Å². The zero-order valence-corrected chi connectivity index (χ0v) is 11.4. The first-order valence-electron chi connectivity index (χ1n) is 6.17. The van der Waals surface area contributed by atoms with Crippen LogP contribution in [-0.4, -0.2) is 0 Å². The topological polar surface area (TPSA) is 0 Å². The first-order chi connectivity index (χ1) is 7.64. The van der Waals surface area contributed by atoms with Crippen LogP contribution in [0.15, 0.2) is 18.2 Å². The third-order valence-corrected chi connectivity index (χ3v) is 2.90. The Morgan fingerprint density at radius 1 is 0.941 bits per heavy atom. The van der Waals surface area contributed by atoms with Gasteiger partial charge in [-0.3, -0.25) is 0 Å². The van der Waals surface area contributed by atoms with Crippen molar-refractivity contribution in [2.75, 3.05) is 0 Å². The lowest BCUT2D eigenvalue weighted by molar-refractivity contribution is 0.0172. The van der Waals surface area contributed by atoms with Gasteiger partial charge in [-0.25, -0.2) is 8.78 Å². The largest absolute Gasteiger partial charge is 0.270 e. The smallest absolute Gasteiger partial charge is 0.202 e. The molecule has 0 aliphatic carbocycles. The van der Waals surface area contributed by atoms with E-state index in [1.165, 1.54) is 0 Å². The number of benzene rings is 1. The molecule has 0 spiro atoms. The molecule has 0 unspecified atom stereocenters. The van der Waals surface area contributed by atoms with Crippen LogP contribution < -0.4 is 0 Å². The summed E-state index contributed by atoms with van der Waals surface area (Å²) in [6.45, 7) is 9.18. The first kappa shape index (κ1) is 14.1. The Bertz CT molecular complexity index is 349. The van der Waals surface area contributed by atoms with Crippen molar-refractivity contribution in [3.63, 3.8) is 0 Å². The Morgan fingerprint density at radius 3 is 1.88 bits per heavy atom. The first-order valence-corrected chi connectivity index (χ1v) is 6.17. The molecule has 1 rings (SSSR count). The highest BCUT2D eigenvalue weighted by atomic mass is 19.3. The van der Waals surface area contributed by atoms with Gasteiger partial charge >= 0.3 is 0 Å². The van der Waals surface area contributed by atoms with E-state index in [2.05, 4.69) is 33.8 Å². The number of rotatable bonds is 3. The number of halogens is 2. The van der Waals surface area contributed by atoms with Crippen LogP contribution in [0.1, 0.15) is 57.7 Å². The molecular weight excluding hydrogens is 218 g/mol. The van der Waals surface area contributed by atoms with Crippen molar-refractivity contribution in [2.45, 2.75) is 58.8 Å².